The predicted molar refractivity (Wildman–Crippen MR) is 61.3 cm³/mol. The van der Waals surface area contributed by atoms with Crippen molar-refractivity contribution < 1.29 is 19.8 Å². The molecule has 17 heavy (non-hydrogen) atoms. The molecule has 0 aliphatic carbocycles. The first-order valence-corrected chi connectivity index (χ1v) is 5.91. The van der Waals surface area contributed by atoms with Crippen LogP contribution in [0.1, 0.15) is 32.6 Å². The zero-order chi connectivity index (χ0) is 13.0. The Hall–Kier alpha value is -1.14. The molecule has 0 radical (unpaired) electrons. The number of likely N-dealkylation sites (tertiary alicyclic amines) is 1. The van der Waals surface area contributed by atoms with Gasteiger partial charge in [-0.05, 0) is 6.42 Å². The number of amides is 1. The number of aliphatic hydroxyl groups is 1. The smallest absolute Gasteiger partial charge is 0.326 e. The van der Waals surface area contributed by atoms with E-state index in [-0.39, 0.29) is 31.3 Å². The molecule has 1 aliphatic rings. The fourth-order valence-corrected chi connectivity index (χ4v) is 2.14. The summed E-state index contributed by atoms with van der Waals surface area (Å²) in [5, 5.41) is 18.4. The van der Waals surface area contributed by atoms with E-state index < -0.39 is 18.1 Å². The minimum atomic E-state index is -1.07. The van der Waals surface area contributed by atoms with Crippen LogP contribution >= 0.6 is 0 Å². The molecule has 3 atom stereocenters. The average Bonchev–Trinajstić information content (AvgIpc) is 2.60. The minimum Gasteiger partial charge on any atom is -0.480 e. The van der Waals surface area contributed by atoms with Crippen molar-refractivity contribution in [2.24, 2.45) is 5.73 Å². The van der Waals surface area contributed by atoms with Gasteiger partial charge in [0.2, 0.25) is 5.91 Å². The van der Waals surface area contributed by atoms with Crippen LogP contribution < -0.4 is 5.73 Å². The molecule has 1 amide bonds. The summed E-state index contributed by atoms with van der Waals surface area (Å²) in [7, 11) is 0. The van der Waals surface area contributed by atoms with Crippen molar-refractivity contribution in [2.75, 3.05) is 6.54 Å². The second-order valence-electron chi connectivity index (χ2n) is 4.54. The van der Waals surface area contributed by atoms with Gasteiger partial charge in [0.25, 0.3) is 0 Å². The SMILES string of the molecule is CCCC(N)CC(=O)N1C[C@@H](O)C[C@H]1C(=O)O. The van der Waals surface area contributed by atoms with Crippen molar-refractivity contribution in [1.29, 1.82) is 0 Å². The number of rotatable bonds is 5. The first kappa shape index (κ1) is 13.9. The van der Waals surface area contributed by atoms with E-state index in [1.165, 1.54) is 4.90 Å². The molecule has 6 nitrogen and oxygen atoms in total. The number of β-amino-alcohol motifs (C(OH)–C–C–N with tert-alkyl or cyclic N) is 1. The summed E-state index contributed by atoms with van der Waals surface area (Å²) in [4.78, 5) is 24.0. The van der Waals surface area contributed by atoms with Gasteiger partial charge in [-0.3, -0.25) is 4.79 Å². The zero-order valence-corrected chi connectivity index (χ0v) is 10.0. The Morgan fingerprint density at radius 3 is 2.71 bits per heavy atom. The molecular weight excluding hydrogens is 224 g/mol. The zero-order valence-electron chi connectivity index (χ0n) is 10.0. The van der Waals surface area contributed by atoms with Crippen LogP contribution in [-0.2, 0) is 9.59 Å². The normalized spacial score (nSPS) is 25.9. The fourth-order valence-electron chi connectivity index (χ4n) is 2.14. The number of nitrogens with two attached hydrogens (primary N) is 1. The quantitative estimate of drug-likeness (QED) is 0.607. The molecule has 0 aromatic heterocycles. The molecule has 0 saturated carbocycles. The molecule has 0 spiro atoms. The lowest BCUT2D eigenvalue weighted by molar-refractivity contribution is -0.148. The molecule has 1 aliphatic heterocycles. The molecule has 0 aromatic rings. The fraction of sp³-hybridized carbons (Fsp3) is 0.818. The topological polar surface area (TPSA) is 104 Å². The van der Waals surface area contributed by atoms with Gasteiger partial charge in [0.1, 0.15) is 6.04 Å². The summed E-state index contributed by atoms with van der Waals surface area (Å²) in [6, 6.07) is -1.15. The van der Waals surface area contributed by atoms with E-state index in [4.69, 9.17) is 10.8 Å². The Kier molecular flexibility index (Phi) is 4.89. The number of carbonyl (C=O) groups excluding carboxylic acids is 1. The molecule has 6 heteroatoms. The molecule has 0 aromatic carbocycles. The summed E-state index contributed by atoms with van der Waals surface area (Å²) >= 11 is 0. The summed E-state index contributed by atoms with van der Waals surface area (Å²) in [5.74, 6) is -1.35. The van der Waals surface area contributed by atoms with E-state index in [0.717, 1.165) is 12.8 Å². The van der Waals surface area contributed by atoms with Crippen LogP contribution in [0.25, 0.3) is 0 Å². The Morgan fingerprint density at radius 1 is 1.53 bits per heavy atom. The van der Waals surface area contributed by atoms with Crippen LogP contribution in [0, 0.1) is 0 Å². The van der Waals surface area contributed by atoms with Crippen molar-refractivity contribution in [3.8, 4) is 0 Å². The maximum absolute atomic E-state index is 11.9. The molecule has 4 N–H and O–H groups in total. The van der Waals surface area contributed by atoms with Crippen LogP contribution in [0.2, 0.25) is 0 Å². The van der Waals surface area contributed by atoms with Crippen LogP contribution in [0.3, 0.4) is 0 Å². The van der Waals surface area contributed by atoms with Crippen molar-refractivity contribution in [3.63, 3.8) is 0 Å². The highest BCUT2D eigenvalue weighted by molar-refractivity contribution is 5.84. The van der Waals surface area contributed by atoms with Crippen LogP contribution in [-0.4, -0.2) is 51.7 Å². The standard InChI is InChI=1S/C11H20N2O4/c1-2-3-7(12)4-10(15)13-6-8(14)5-9(13)11(16)17/h7-9,14H,2-6,12H2,1H3,(H,16,17)/t7?,8-,9-/m0/s1. The third-order valence-corrected chi connectivity index (χ3v) is 2.98. The van der Waals surface area contributed by atoms with Crippen molar-refractivity contribution in [3.05, 3.63) is 0 Å². The molecular formula is C11H20N2O4. The van der Waals surface area contributed by atoms with E-state index >= 15 is 0 Å². The number of hydrogen-bond acceptors (Lipinski definition) is 4. The third kappa shape index (κ3) is 3.67. The van der Waals surface area contributed by atoms with Gasteiger partial charge < -0.3 is 20.8 Å². The van der Waals surface area contributed by atoms with Gasteiger partial charge in [-0.1, -0.05) is 13.3 Å². The van der Waals surface area contributed by atoms with Gasteiger partial charge >= 0.3 is 5.97 Å². The molecule has 1 saturated heterocycles. The number of hydrogen-bond donors (Lipinski definition) is 3. The van der Waals surface area contributed by atoms with Crippen molar-refractivity contribution in [1.82, 2.24) is 4.90 Å². The Labute approximate surface area is 100 Å². The molecule has 1 fully saturated rings. The lowest BCUT2D eigenvalue weighted by atomic mass is 10.1. The summed E-state index contributed by atoms with van der Waals surface area (Å²) in [6.07, 6.45) is 1.12. The largest absolute Gasteiger partial charge is 0.480 e. The van der Waals surface area contributed by atoms with Gasteiger partial charge in [-0.25, -0.2) is 4.79 Å². The Balaban J connectivity index is 2.58. The number of carboxylic acids is 1. The minimum absolute atomic E-state index is 0.0919. The monoisotopic (exact) mass is 244 g/mol. The van der Waals surface area contributed by atoms with Crippen LogP contribution in [0.15, 0.2) is 0 Å². The van der Waals surface area contributed by atoms with Crippen molar-refractivity contribution >= 4 is 11.9 Å². The van der Waals surface area contributed by atoms with Crippen LogP contribution in [0.5, 0.6) is 0 Å². The Bertz CT molecular complexity index is 295. The second-order valence-corrected chi connectivity index (χ2v) is 4.54. The highest BCUT2D eigenvalue weighted by Crippen LogP contribution is 2.19. The lowest BCUT2D eigenvalue weighted by Crippen LogP contribution is -2.42. The third-order valence-electron chi connectivity index (χ3n) is 2.98. The first-order chi connectivity index (χ1) is 7.95. The summed E-state index contributed by atoms with van der Waals surface area (Å²) in [6.45, 7) is 2.07. The highest BCUT2D eigenvalue weighted by Gasteiger charge is 2.38. The molecule has 1 unspecified atom stereocenters. The number of carbonyl (C=O) groups is 2. The number of aliphatic hydroxyl groups excluding tert-OH is 1. The highest BCUT2D eigenvalue weighted by atomic mass is 16.4. The predicted octanol–water partition coefficient (Wildman–Crippen LogP) is -0.450. The van der Waals surface area contributed by atoms with Gasteiger partial charge in [0, 0.05) is 25.4 Å². The van der Waals surface area contributed by atoms with Crippen LogP contribution in [0.4, 0.5) is 0 Å². The lowest BCUT2D eigenvalue weighted by Gasteiger charge is -2.22. The first-order valence-electron chi connectivity index (χ1n) is 5.91. The maximum Gasteiger partial charge on any atom is 0.326 e. The van der Waals surface area contributed by atoms with Crippen molar-refractivity contribution in [2.45, 2.75) is 50.8 Å². The van der Waals surface area contributed by atoms with Gasteiger partial charge in [0.05, 0.1) is 6.10 Å². The number of aliphatic carboxylic acids is 1. The van der Waals surface area contributed by atoms with E-state index in [9.17, 15) is 14.7 Å². The van der Waals surface area contributed by atoms with E-state index in [0.29, 0.717) is 0 Å². The van der Waals surface area contributed by atoms with Gasteiger partial charge in [0.15, 0.2) is 0 Å². The summed E-state index contributed by atoms with van der Waals surface area (Å²) in [5.41, 5.74) is 5.75. The van der Waals surface area contributed by atoms with E-state index in [2.05, 4.69) is 0 Å². The number of nitrogens with zero attached hydrogens (tertiary/aromatic N) is 1. The molecule has 0 bridgehead atoms. The number of carboxylic acid groups (broad SMARTS) is 1. The van der Waals surface area contributed by atoms with Gasteiger partial charge in [-0.2, -0.15) is 0 Å². The van der Waals surface area contributed by atoms with E-state index in [1.54, 1.807) is 0 Å². The maximum atomic E-state index is 11.9. The Morgan fingerprint density at radius 2 is 2.18 bits per heavy atom. The molecule has 1 rings (SSSR count). The average molecular weight is 244 g/mol. The molecule has 98 valence electrons. The summed E-state index contributed by atoms with van der Waals surface area (Å²) < 4.78 is 0. The van der Waals surface area contributed by atoms with Gasteiger partial charge in [-0.15, -0.1) is 0 Å². The van der Waals surface area contributed by atoms with E-state index in [1.807, 2.05) is 6.92 Å². The molecule has 1 heterocycles. The second kappa shape index (κ2) is 5.97.